The van der Waals surface area contributed by atoms with Crippen LogP contribution in [-0.2, 0) is 6.42 Å². The van der Waals surface area contributed by atoms with Crippen molar-refractivity contribution in [2.45, 2.75) is 46.1 Å². The third-order valence-corrected chi connectivity index (χ3v) is 2.46. The molecule has 0 atom stereocenters. The predicted molar refractivity (Wildman–Crippen MR) is 68.3 cm³/mol. The first-order chi connectivity index (χ1) is 8.37. The topological polar surface area (TPSA) is 82.1 Å². The van der Waals surface area contributed by atoms with E-state index in [1.54, 1.807) is 18.7 Å². The molecule has 2 N–H and O–H groups in total. The number of rotatable bonds is 6. The van der Waals surface area contributed by atoms with E-state index >= 15 is 0 Å². The first-order valence-electron chi connectivity index (χ1n) is 6.30. The van der Waals surface area contributed by atoms with Gasteiger partial charge in [-0.2, -0.15) is 0 Å². The second-order valence-electron chi connectivity index (χ2n) is 4.99. The molecule has 0 aliphatic heterocycles. The lowest BCUT2D eigenvalue weighted by Gasteiger charge is -2.27. The van der Waals surface area contributed by atoms with Crippen molar-refractivity contribution in [2.24, 2.45) is 0 Å². The van der Waals surface area contributed by atoms with Crippen LogP contribution in [0.15, 0.2) is 0 Å². The summed E-state index contributed by atoms with van der Waals surface area (Å²) in [5.41, 5.74) is -0.922. The number of likely N-dealkylation sites (N-methyl/N-ethyl adjacent to an activating group) is 1. The quantitative estimate of drug-likeness (QED) is 0.793. The summed E-state index contributed by atoms with van der Waals surface area (Å²) < 4.78 is 0. The number of nitrogens with one attached hydrogen (secondary N) is 1. The maximum absolute atomic E-state index is 12.1. The summed E-state index contributed by atoms with van der Waals surface area (Å²) in [6.07, 6.45) is 1.72. The second-order valence-corrected chi connectivity index (χ2v) is 4.99. The summed E-state index contributed by atoms with van der Waals surface area (Å²) in [6, 6.07) is 0. The normalized spacial score (nSPS) is 11.6. The minimum atomic E-state index is -0.922. The van der Waals surface area contributed by atoms with Crippen molar-refractivity contribution in [1.82, 2.24) is 20.1 Å². The fraction of sp³-hybridized carbons (Fsp3) is 0.750. The van der Waals surface area contributed by atoms with Gasteiger partial charge in [0.25, 0.3) is 5.91 Å². The number of aliphatic hydroxyl groups is 1. The highest BCUT2D eigenvalue weighted by molar-refractivity contribution is 5.90. The molecule has 0 saturated carbocycles. The van der Waals surface area contributed by atoms with Gasteiger partial charge >= 0.3 is 0 Å². The lowest BCUT2D eigenvalue weighted by molar-refractivity contribution is 0.0308. The molecule has 18 heavy (non-hydrogen) atoms. The van der Waals surface area contributed by atoms with E-state index in [9.17, 15) is 9.90 Å². The molecule has 6 heteroatoms. The van der Waals surface area contributed by atoms with E-state index in [4.69, 9.17) is 0 Å². The number of aromatic nitrogens is 3. The summed E-state index contributed by atoms with van der Waals surface area (Å²) in [4.78, 5) is 17.8. The molecule has 1 rings (SSSR count). The largest absolute Gasteiger partial charge is 0.389 e. The van der Waals surface area contributed by atoms with Crippen LogP contribution in [0, 0.1) is 0 Å². The Kier molecular flexibility index (Phi) is 4.84. The van der Waals surface area contributed by atoms with Crippen molar-refractivity contribution in [3.8, 4) is 0 Å². The maximum atomic E-state index is 12.1. The van der Waals surface area contributed by atoms with Gasteiger partial charge in [-0.15, -0.1) is 5.10 Å². The van der Waals surface area contributed by atoms with Crippen molar-refractivity contribution in [1.29, 1.82) is 0 Å². The molecule has 0 fully saturated rings. The Bertz CT molecular complexity index is 395. The number of nitrogens with zero attached hydrogens (tertiary/aromatic N) is 3. The number of amides is 1. The monoisotopic (exact) mass is 254 g/mol. The van der Waals surface area contributed by atoms with Crippen LogP contribution in [0.25, 0.3) is 0 Å². The van der Waals surface area contributed by atoms with Gasteiger partial charge in [0.1, 0.15) is 5.82 Å². The molecule has 0 saturated heterocycles. The van der Waals surface area contributed by atoms with Gasteiger partial charge < -0.3 is 10.0 Å². The molecule has 0 radical (unpaired) electrons. The molecule has 1 aromatic rings. The molecule has 6 nitrogen and oxygen atoms in total. The average molecular weight is 254 g/mol. The Morgan fingerprint density at radius 1 is 1.44 bits per heavy atom. The zero-order valence-corrected chi connectivity index (χ0v) is 11.5. The minimum Gasteiger partial charge on any atom is -0.389 e. The first kappa shape index (κ1) is 14.6. The summed E-state index contributed by atoms with van der Waals surface area (Å²) in [5.74, 6) is 0.642. The fourth-order valence-corrected chi connectivity index (χ4v) is 1.68. The Labute approximate surface area is 107 Å². The Morgan fingerprint density at radius 3 is 2.61 bits per heavy atom. The van der Waals surface area contributed by atoms with Gasteiger partial charge in [0.05, 0.1) is 5.60 Å². The van der Waals surface area contributed by atoms with Crippen LogP contribution in [0.2, 0.25) is 0 Å². The number of aromatic amines is 1. The molecular formula is C12H22N4O2. The van der Waals surface area contributed by atoms with Crippen molar-refractivity contribution < 1.29 is 9.90 Å². The molecule has 0 aliphatic rings. The van der Waals surface area contributed by atoms with Crippen LogP contribution in [0.3, 0.4) is 0 Å². The van der Waals surface area contributed by atoms with Crippen LogP contribution < -0.4 is 0 Å². The van der Waals surface area contributed by atoms with E-state index < -0.39 is 5.60 Å². The van der Waals surface area contributed by atoms with Gasteiger partial charge in [-0.3, -0.25) is 9.89 Å². The molecule has 0 aromatic carbocycles. The zero-order valence-electron chi connectivity index (χ0n) is 11.5. The Hall–Kier alpha value is -1.43. The Morgan fingerprint density at radius 2 is 2.11 bits per heavy atom. The van der Waals surface area contributed by atoms with Crippen LogP contribution in [0.4, 0.5) is 0 Å². The summed E-state index contributed by atoms with van der Waals surface area (Å²) >= 11 is 0. The highest BCUT2D eigenvalue weighted by atomic mass is 16.3. The van der Waals surface area contributed by atoms with Gasteiger partial charge in [0.2, 0.25) is 5.82 Å². The minimum absolute atomic E-state index is 0.171. The molecule has 1 amide bonds. The van der Waals surface area contributed by atoms with Gasteiger partial charge in [0.15, 0.2) is 0 Å². The standard InChI is InChI=1S/C12H22N4O2/c1-5-7-9-13-10(15-14-9)11(17)16(6-2)8-12(3,4)18/h18H,5-8H2,1-4H3,(H,13,14,15). The van der Waals surface area contributed by atoms with Gasteiger partial charge in [-0.05, 0) is 27.2 Å². The fourth-order valence-electron chi connectivity index (χ4n) is 1.68. The highest BCUT2D eigenvalue weighted by Gasteiger charge is 2.24. The predicted octanol–water partition coefficient (Wildman–Crippen LogP) is 0.990. The molecule has 0 aliphatic carbocycles. The summed E-state index contributed by atoms with van der Waals surface area (Å²) in [5, 5.41) is 16.4. The van der Waals surface area contributed by atoms with E-state index in [1.165, 1.54) is 0 Å². The summed E-state index contributed by atoms with van der Waals surface area (Å²) in [6.45, 7) is 8.02. The van der Waals surface area contributed by atoms with Crippen molar-refractivity contribution in [2.75, 3.05) is 13.1 Å². The SMILES string of the molecule is CCCc1nc(C(=O)N(CC)CC(C)(C)O)n[nH]1. The molecule has 0 bridgehead atoms. The van der Waals surface area contributed by atoms with Gasteiger partial charge in [-0.25, -0.2) is 4.98 Å². The lowest BCUT2D eigenvalue weighted by Crippen LogP contribution is -2.42. The number of H-pyrrole nitrogens is 1. The van der Waals surface area contributed by atoms with E-state index in [0.29, 0.717) is 6.54 Å². The third kappa shape index (κ3) is 4.10. The van der Waals surface area contributed by atoms with Crippen molar-refractivity contribution in [3.05, 3.63) is 11.6 Å². The van der Waals surface area contributed by atoms with Crippen LogP contribution >= 0.6 is 0 Å². The molecule has 1 heterocycles. The Balaban J connectivity index is 2.76. The highest BCUT2D eigenvalue weighted by Crippen LogP contribution is 2.08. The molecular weight excluding hydrogens is 232 g/mol. The van der Waals surface area contributed by atoms with Crippen molar-refractivity contribution in [3.63, 3.8) is 0 Å². The smallest absolute Gasteiger partial charge is 0.293 e. The number of hydrogen-bond donors (Lipinski definition) is 2. The van der Waals surface area contributed by atoms with E-state index in [-0.39, 0.29) is 18.3 Å². The average Bonchev–Trinajstić information content (AvgIpc) is 2.73. The van der Waals surface area contributed by atoms with Crippen LogP contribution in [-0.4, -0.2) is 49.8 Å². The number of carbonyl (C=O) groups is 1. The number of aryl methyl sites for hydroxylation is 1. The van der Waals surface area contributed by atoms with Gasteiger partial charge in [0, 0.05) is 19.5 Å². The summed E-state index contributed by atoms with van der Waals surface area (Å²) in [7, 11) is 0. The van der Waals surface area contributed by atoms with Gasteiger partial charge in [-0.1, -0.05) is 6.92 Å². The molecule has 102 valence electrons. The van der Waals surface area contributed by atoms with Crippen molar-refractivity contribution >= 4 is 5.91 Å². The first-order valence-corrected chi connectivity index (χ1v) is 6.30. The number of hydrogen-bond acceptors (Lipinski definition) is 4. The third-order valence-electron chi connectivity index (χ3n) is 2.46. The number of carbonyl (C=O) groups excluding carboxylic acids is 1. The molecule has 1 aromatic heterocycles. The second kappa shape index (κ2) is 5.95. The zero-order chi connectivity index (χ0) is 13.8. The molecule has 0 spiro atoms. The van der Waals surface area contributed by atoms with E-state index in [0.717, 1.165) is 18.7 Å². The maximum Gasteiger partial charge on any atom is 0.293 e. The van der Waals surface area contributed by atoms with Crippen LogP contribution in [0.1, 0.15) is 50.6 Å². The lowest BCUT2D eigenvalue weighted by atomic mass is 10.1. The van der Waals surface area contributed by atoms with E-state index in [1.807, 2.05) is 13.8 Å². The van der Waals surface area contributed by atoms with Crippen LogP contribution in [0.5, 0.6) is 0 Å². The molecule has 0 unspecified atom stereocenters. The van der Waals surface area contributed by atoms with E-state index in [2.05, 4.69) is 15.2 Å².